The van der Waals surface area contributed by atoms with Gasteiger partial charge in [0.1, 0.15) is 18.6 Å². The summed E-state index contributed by atoms with van der Waals surface area (Å²) in [5, 5.41) is 32.3. The molecule has 0 saturated carbocycles. The number of nitrogen functional groups attached to an aromatic ring is 1. The van der Waals surface area contributed by atoms with Crippen LogP contribution in [-0.4, -0.2) is 64.6 Å². The molecule has 0 spiro atoms. The highest BCUT2D eigenvalue weighted by molar-refractivity contribution is 7.45. The predicted octanol–water partition coefficient (Wildman–Crippen LogP) is -1.58. The van der Waals surface area contributed by atoms with E-state index in [2.05, 4.69) is 34.5 Å². The highest BCUT2D eigenvalue weighted by Gasteiger charge is 2.47. The number of hydrogen-bond donors (Lipinski definition) is 6. The number of hydrogen-bond acceptors (Lipinski definition) is 12. The van der Waals surface area contributed by atoms with Crippen LogP contribution in [0.3, 0.4) is 0 Å². The second-order valence-electron chi connectivity index (χ2n) is 5.14. The van der Waals surface area contributed by atoms with Gasteiger partial charge in [-0.2, -0.15) is 14.5 Å². The van der Waals surface area contributed by atoms with Crippen LogP contribution in [0.5, 0.6) is 0 Å². The molecule has 27 heavy (non-hydrogen) atoms. The van der Waals surface area contributed by atoms with Crippen LogP contribution >= 0.6 is 8.38 Å². The van der Waals surface area contributed by atoms with E-state index in [0.29, 0.717) is 0 Å². The molecule has 0 aliphatic carbocycles. The summed E-state index contributed by atoms with van der Waals surface area (Å²) in [5.74, 6) is -0.673. The molecular formula is C10H13N8O8P. The summed E-state index contributed by atoms with van der Waals surface area (Å²) in [6, 6.07) is 0. The van der Waals surface area contributed by atoms with Crippen molar-refractivity contribution in [3.63, 3.8) is 0 Å². The fourth-order valence-corrected chi connectivity index (χ4v) is 2.60. The first-order chi connectivity index (χ1) is 12.9. The Labute approximate surface area is 149 Å². The molecule has 1 aliphatic rings. The quantitative estimate of drug-likeness (QED) is 0.0800. The van der Waals surface area contributed by atoms with Gasteiger partial charge < -0.3 is 30.7 Å². The molecule has 0 radical (unpaired) electrons. The Hall–Kier alpha value is -2.39. The van der Waals surface area contributed by atoms with Crippen molar-refractivity contribution in [1.82, 2.24) is 19.5 Å². The third-order valence-electron chi connectivity index (χ3n) is 3.48. The van der Waals surface area contributed by atoms with E-state index < -0.39 is 51.0 Å². The zero-order chi connectivity index (χ0) is 19.7. The molecule has 1 fully saturated rings. The Balaban J connectivity index is 2.02. The van der Waals surface area contributed by atoms with Crippen molar-refractivity contribution >= 4 is 31.4 Å². The first kappa shape index (κ1) is 19.4. The highest BCUT2D eigenvalue weighted by atomic mass is 31.2. The second-order valence-corrected chi connectivity index (χ2v) is 6.27. The predicted molar refractivity (Wildman–Crippen MR) is 85.7 cm³/mol. The second kappa shape index (κ2) is 7.69. The Morgan fingerprint density at radius 3 is 2.85 bits per heavy atom. The Kier molecular flexibility index (Phi) is 5.52. The van der Waals surface area contributed by atoms with Gasteiger partial charge in [-0.3, -0.25) is 14.3 Å². The minimum absolute atomic E-state index is 0.184. The van der Waals surface area contributed by atoms with Gasteiger partial charge in [0.2, 0.25) is 26.6 Å². The van der Waals surface area contributed by atoms with Crippen molar-refractivity contribution in [2.24, 2.45) is 5.11 Å². The first-order valence-electron chi connectivity index (χ1n) is 7.12. The topological polar surface area (TPSA) is 247 Å². The van der Waals surface area contributed by atoms with E-state index >= 15 is 0 Å². The lowest BCUT2D eigenvalue weighted by molar-refractivity contribution is -0.332. The third kappa shape index (κ3) is 3.57. The summed E-state index contributed by atoms with van der Waals surface area (Å²) < 4.78 is 10.7. The van der Waals surface area contributed by atoms with Crippen LogP contribution in [0.25, 0.3) is 21.6 Å². The molecule has 16 nitrogen and oxygen atoms in total. The van der Waals surface area contributed by atoms with Gasteiger partial charge in [0.25, 0.3) is 5.56 Å². The molecule has 0 bridgehead atoms. The van der Waals surface area contributed by atoms with Crippen molar-refractivity contribution in [2.75, 3.05) is 12.1 Å². The van der Waals surface area contributed by atoms with Gasteiger partial charge in [-0.05, 0) is 10.6 Å². The maximum Gasteiger partial charge on any atom is 0.280 e. The molecule has 5 atom stereocenters. The molecule has 1 saturated heterocycles. The van der Waals surface area contributed by atoms with Crippen molar-refractivity contribution < 1.29 is 34.5 Å². The Morgan fingerprint density at radius 1 is 1.44 bits per heavy atom. The van der Waals surface area contributed by atoms with Gasteiger partial charge in [0.15, 0.2) is 17.4 Å². The number of nitrogens with zero attached hydrogens (tertiary/aromatic N) is 6. The summed E-state index contributed by atoms with van der Waals surface area (Å²) in [7, 11) is -2.34. The molecule has 2 unspecified atom stereocenters. The number of imidazole rings is 1. The number of rotatable bonds is 6. The summed E-state index contributed by atoms with van der Waals surface area (Å²) in [5.41, 5.74) is 13.0. The highest BCUT2D eigenvalue weighted by Crippen LogP contribution is 2.38. The number of anilines is 1. The standard InChI is InChI=1S/C10H13N8O8P/c11-9-14-5-2(6(22)15-9)13-10(16-17-12)18(5)7-3(20)4(21)8(24-7)25-26-27(23)1-19/h3-4,7-8,19-21,23H,1H2,(H3,11,14,15,22)/t3?,4-,7-,8-,27?/m1/s1. The largest absolute Gasteiger partial charge is 0.387 e. The number of H-pyrrole nitrogens is 1. The number of aliphatic hydroxyl groups is 3. The molecule has 1 aliphatic heterocycles. The first-order valence-corrected chi connectivity index (χ1v) is 8.52. The van der Waals surface area contributed by atoms with Crippen LogP contribution in [0, 0.1) is 0 Å². The van der Waals surface area contributed by atoms with Gasteiger partial charge in [-0.25, -0.2) is 4.98 Å². The molecule has 17 heteroatoms. The van der Waals surface area contributed by atoms with Crippen LogP contribution in [0.2, 0.25) is 0 Å². The summed E-state index contributed by atoms with van der Waals surface area (Å²) in [6.07, 6.45) is -7.13. The van der Waals surface area contributed by atoms with Crippen molar-refractivity contribution in [1.29, 1.82) is 0 Å². The zero-order valence-electron chi connectivity index (χ0n) is 13.1. The van der Waals surface area contributed by atoms with Gasteiger partial charge >= 0.3 is 0 Å². The van der Waals surface area contributed by atoms with Crippen molar-refractivity contribution in [3.05, 3.63) is 20.8 Å². The summed E-state index contributed by atoms with van der Waals surface area (Å²) in [6.45, 7) is 0. The van der Waals surface area contributed by atoms with E-state index in [1.165, 1.54) is 0 Å². The maximum absolute atomic E-state index is 12.0. The molecule has 3 heterocycles. The number of fused-ring (bicyclic) bond motifs is 1. The van der Waals surface area contributed by atoms with Crippen molar-refractivity contribution in [3.8, 4) is 0 Å². The Bertz CT molecular complexity index is 943. The molecule has 0 amide bonds. The number of ether oxygens (including phenoxy) is 1. The number of aliphatic hydroxyl groups excluding tert-OH is 3. The molecule has 3 rings (SSSR count). The normalized spacial score (nSPS) is 26.2. The van der Waals surface area contributed by atoms with Gasteiger partial charge in [-0.1, -0.05) is 0 Å². The summed E-state index contributed by atoms with van der Waals surface area (Å²) in [4.78, 5) is 38.3. The fraction of sp³-hybridized carbons (Fsp3) is 0.500. The molecule has 2 aromatic rings. The summed E-state index contributed by atoms with van der Waals surface area (Å²) >= 11 is 0. The van der Waals surface area contributed by atoms with Gasteiger partial charge in [0, 0.05) is 4.91 Å². The van der Waals surface area contributed by atoms with Gasteiger partial charge in [0.05, 0.1) is 0 Å². The maximum atomic E-state index is 12.0. The average Bonchev–Trinajstić information content (AvgIpc) is 3.11. The van der Waals surface area contributed by atoms with Crippen LogP contribution in [0.15, 0.2) is 9.91 Å². The number of azide groups is 1. The zero-order valence-corrected chi connectivity index (χ0v) is 14.0. The lowest BCUT2D eigenvalue weighted by atomic mass is 10.2. The Morgan fingerprint density at radius 2 is 2.19 bits per heavy atom. The lowest BCUT2D eigenvalue weighted by Crippen LogP contribution is -2.32. The fourth-order valence-electron chi connectivity index (χ4n) is 2.37. The van der Waals surface area contributed by atoms with E-state index in [4.69, 9.17) is 21.1 Å². The van der Waals surface area contributed by atoms with E-state index in [9.17, 15) is 19.9 Å². The van der Waals surface area contributed by atoms with Crippen LogP contribution < -0.4 is 11.3 Å². The molecule has 7 N–H and O–H groups in total. The number of aromatic amines is 1. The lowest BCUT2D eigenvalue weighted by Gasteiger charge is -2.17. The van der Waals surface area contributed by atoms with E-state index in [-0.39, 0.29) is 17.1 Å². The van der Waals surface area contributed by atoms with Crippen LogP contribution in [0.4, 0.5) is 11.9 Å². The van der Waals surface area contributed by atoms with Crippen LogP contribution in [0.1, 0.15) is 6.23 Å². The SMILES string of the molecule is [N-]=[N+]=Nc1nc2c(=O)[nH]c(N)nc2n1[C@@H]1O[C@H](OOP(O)CO)[C@H](O)C1O. The smallest absolute Gasteiger partial charge is 0.280 e. The monoisotopic (exact) mass is 404 g/mol. The third-order valence-corrected chi connectivity index (χ3v) is 3.98. The van der Waals surface area contributed by atoms with Gasteiger partial charge in [-0.15, -0.1) is 0 Å². The number of nitrogens with two attached hydrogens (primary N) is 1. The molecule has 0 aromatic carbocycles. The van der Waals surface area contributed by atoms with E-state index in [0.717, 1.165) is 4.57 Å². The van der Waals surface area contributed by atoms with Crippen molar-refractivity contribution in [2.45, 2.75) is 24.7 Å². The van der Waals surface area contributed by atoms with Crippen LogP contribution in [-0.2, 0) is 14.3 Å². The number of aromatic nitrogens is 4. The average molecular weight is 404 g/mol. The minimum atomic E-state index is -2.34. The van der Waals surface area contributed by atoms with E-state index in [1.54, 1.807) is 0 Å². The van der Waals surface area contributed by atoms with E-state index in [1.807, 2.05) is 0 Å². The minimum Gasteiger partial charge on any atom is -0.387 e. The molecule has 146 valence electrons. The molecule has 2 aromatic heterocycles. The number of nitrogens with one attached hydrogen (secondary N) is 1. The molecular weight excluding hydrogens is 391 g/mol.